The van der Waals surface area contributed by atoms with Crippen LogP contribution in [0.4, 0.5) is 15.0 Å². The third-order valence-electron chi connectivity index (χ3n) is 8.66. The van der Waals surface area contributed by atoms with Crippen LogP contribution in [0.2, 0.25) is 0 Å². The van der Waals surface area contributed by atoms with E-state index in [0.29, 0.717) is 55.6 Å². The van der Waals surface area contributed by atoms with E-state index in [1.807, 2.05) is 88.4 Å². The van der Waals surface area contributed by atoms with Crippen LogP contribution in [0.25, 0.3) is 11.3 Å². The molecule has 1 aliphatic heterocycles. The Morgan fingerprint density at radius 3 is 2.08 bits per heavy atom. The van der Waals surface area contributed by atoms with Crippen molar-refractivity contribution in [1.82, 2.24) is 24.8 Å². The summed E-state index contributed by atoms with van der Waals surface area (Å²) in [4.78, 5) is 32.6. The van der Waals surface area contributed by atoms with Crippen molar-refractivity contribution in [3.05, 3.63) is 95.3 Å². The van der Waals surface area contributed by atoms with Gasteiger partial charge in [-0.3, -0.25) is 4.90 Å². The van der Waals surface area contributed by atoms with Crippen molar-refractivity contribution in [2.24, 2.45) is 0 Å². The zero-order chi connectivity index (χ0) is 35.3. The fraction of sp³-hybridized carbons (Fsp3) is 0.421. The van der Waals surface area contributed by atoms with Gasteiger partial charge in [0.2, 0.25) is 5.95 Å². The molecule has 4 aromatic rings. The Labute approximate surface area is 288 Å². The highest BCUT2D eigenvalue weighted by Crippen LogP contribution is 2.31. The molecule has 10 nitrogen and oxygen atoms in total. The highest BCUT2D eigenvalue weighted by atomic mass is 19.1. The van der Waals surface area contributed by atoms with Crippen LogP contribution in [0.1, 0.15) is 63.2 Å². The van der Waals surface area contributed by atoms with Gasteiger partial charge in [0.25, 0.3) is 0 Å². The normalized spacial score (nSPS) is 15.9. The number of amides is 1. The number of aryl methyl sites for hydroxylation is 1. The van der Waals surface area contributed by atoms with E-state index in [4.69, 9.17) is 19.2 Å². The SMILES string of the molecule is COc1ccc(CN(Cc2ccc(OC)cc2)c2cc(-c3cc([C@@H](C)N4CCN(C(=O)OC(C)(C)C)C[C@@H]4C)cnc3F)nc(C)n2)cc1. The van der Waals surface area contributed by atoms with E-state index < -0.39 is 11.5 Å². The second kappa shape index (κ2) is 15.2. The molecule has 1 aliphatic rings. The van der Waals surface area contributed by atoms with Crippen LogP contribution in [0.3, 0.4) is 0 Å². The van der Waals surface area contributed by atoms with Gasteiger partial charge in [-0.05, 0) is 88.6 Å². The van der Waals surface area contributed by atoms with Crippen molar-refractivity contribution in [1.29, 1.82) is 0 Å². The molecule has 0 unspecified atom stereocenters. The predicted molar refractivity (Wildman–Crippen MR) is 188 cm³/mol. The van der Waals surface area contributed by atoms with Gasteiger partial charge in [-0.25, -0.2) is 19.7 Å². The van der Waals surface area contributed by atoms with E-state index in [0.717, 1.165) is 28.2 Å². The number of methoxy groups -OCH3 is 2. The molecule has 0 saturated carbocycles. The molecule has 1 amide bonds. The number of benzene rings is 2. The largest absolute Gasteiger partial charge is 0.497 e. The van der Waals surface area contributed by atoms with Gasteiger partial charge in [0.05, 0.1) is 25.5 Å². The lowest BCUT2D eigenvalue weighted by Gasteiger charge is -2.43. The Morgan fingerprint density at radius 2 is 1.55 bits per heavy atom. The fourth-order valence-electron chi connectivity index (χ4n) is 6.08. The first-order chi connectivity index (χ1) is 23.3. The fourth-order valence-corrected chi connectivity index (χ4v) is 6.08. The molecule has 1 saturated heterocycles. The third-order valence-corrected chi connectivity index (χ3v) is 8.66. The summed E-state index contributed by atoms with van der Waals surface area (Å²) in [6.45, 7) is 14.4. The lowest BCUT2D eigenvalue weighted by molar-refractivity contribution is -0.000749. The molecule has 1 fully saturated rings. The van der Waals surface area contributed by atoms with Gasteiger partial charge in [0.1, 0.15) is 28.7 Å². The molecule has 11 heteroatoms. The lowest BCUT2D eigenvalue weighted by atomic mass is 10.0. The average Bonchev–Trinajstić information content (AvgIpc) is 3.07. The van der Waals surface area contributed by atoms with Crippen molar-refractivity contribution < 1.29 is 23.4 Å². The molecule has 2 aromatic heterocycles. The van der Waals surface area contributed by atoms with Gasteiger partial charge in [0, 0.05) is 57.1 Å². The molecule has 2 aromatic carbocycles. The average molecular weight is 671 g/mol. The highest BCUT2D eigenvalue weighted by Gasteiger charge is 2.33. The number of carbonyl (C=O) groups excluding carboxylic acids is 1. The molecule has 2 atom stereocenters. The van der Waals surface area contributed by atoms with Crippen LogP contribution in [-0.4, -0.2) is 76.3 Å². The number of hydrogen-bond donors (Lipinski definition) is 0. The van der Waals surface area contributed by atoms with E-state index >= 15 is 4.39 Å². The van der Waals surface area contributed by atoms with Crippen LogP contribution < -0.4 is 14.4 Å². The molecule has 5 rings (SSSR count). The third kappa shape index (κ3) is 9.03. The number of nitrogens with zero attached hydrogens (tertiary/aromatic N) is 6. The zero-order valence-electron chi connectivity index (χ0n) is 29.7. The van der Waals surface area contributed by atoms with Gasteiger partial charge in [-0.2, -0.15) is 4.39 Å². The van der Waals surface area contributed by atoms with Gasteiger partial charge < -0.3 is 24.0 Å². The molecular formula is C38H47FN6O4. The predicted octanol–water partition coefficient (Wildman–Crippen LogP) is 7.21. The summed E-state index contributed by atoms with van der Waals surface area (Å²) in [5.41, 5.74) is 3.21. The number of carbonyl (C=O) groups is 1. The number of anilines is 1. The smallest absolute Gasteiger partial charge is 0.410 e. The number of halogens is 1. The Morgan fingerprint density at radius 1 is 0.959 bits per heavy atom. The molecule has 0 radical (unpaired) electrons. The number of piperazine rings is 1. The standard InChI is InChI=1S/C38H47FN6O4/c1-25-22-43(37(46)49-38(4,5)6)17-18-45(25)26(2)30-19-33(36(39)40-21-30)34-20-35(42-27(3)41-34)44(23-28-9-13-31(47-7)14-10-28)24-29-11-15-32(48-8)16-12-29/h9-16,19-21,25-26H,17-18,22-24H2,1-8H3/t25-,26+/m0/s1. The molecule has 3 heterocycles. The van der Waals surface area contributed by atoms with Crippen molar-refractivity contribution >= 4 is 11.9 Å². The molecule has 0 N–H and O–H groups in total. The van der Waals surface area contributed by atoms with Gasteiger partial charge in [-0.1, -0.05) is 24.3 Å². The summed E-state index contributed by atoms with van der Waals surface area (Å²) < 4.78 is 31.8. The summed E-state index contributed by atoms with van der Waals surface area (Å²) in [5.74, 6) is 2.15. The minimum absolute atomic E-state index is 0.0575. The van der Waals surface area contributed by atoms with Crippen LogP contribution >= 0.6 is 0 Å². The quantitative estimate of drug-likeness (QED) is 0.162. The summed E-state index contributed by atoms with van der Waals surface area (Å²) in [6, 6.07) is 19.5. The Kier molecular flexibility index (Phi) is 11.0. The number of hydrogen-bond acceptors (Lipinski definition) is 9. The van der Waals surface area contributed by atoms with Crippen molar-refractivity contribution in [2.75, 3.05) is 38.8 Å². The molecule has 0 spiro atoms. The maximum Gasteiger partial charge on any atom is 0.410 e. The maximum atomic E-state index is 15.5. The van der Waals surface area contributed by atoms with Crippen molar-refractivity contribution in [2.45, 2.75) is 72.3 Å². The topological polar surface area (TPSA) is 93.2 Å². The first kappa shape index (κ1) is 35.5. The first-order valence-electron chi connectivity index (χ1n) is 16.6. The van der Waals surface area contributed by atoms with Gasteiger partial charge in [0.15, 0.2) is 0 Å². The molecule has 49 heavy (non-hydrogen) atoms. The molecule has 260 valence electrons. The van der Waals surface area contributed by atoms with E-state index in [9.17, 15) is 4.79 Å². The Bertz CT molecular complexity index is 1680. The second-order valence-corrected chi connectivity index (χ2v) is 13.5. The van der Waals surface area contributed by atoms with Crippen LogP contribution in [0.15, 0.2) is 66.9 Å². The number of aromatic nitrogens is 3. The summed E-state index contributed by atoms with van der Waals surface area (Å²) in [5, 5.41) is 0. The molecule has 0 aliphatic carbocycles. The maximum absolute atomic E-state index is 15.5. The van der Waals surface area contributed by atoms with E-state index in [2.05, 4.69) is 33.6 Å². The summed E-state index contributed by atoms with van der Waals surface area (Å²) >= 11 is 0. The van der Waals surface area contributed by atoms with E-state index in [1.165, 1.54) is 0 Å². The second-order valence-electron chi connectivity index (χ2n) is 13.5. The molecular weight excluding hydrogens is 623 g/mol. The number of rotatable bonds is 10. The molecule has 0 bridgehead atoms. The van der Waals surface area contributed by atoms with Crippen LogP contribution in [0, 0.1) is 12.9 Å². The van der Waals surface area contributed by atoms with Crippen LogP contribution in [-0.2, 0) is 17.8 Å². The first-order valence-corrected chi connectivity index (χ1v) is 16.6. The minimum atomic E-state index is -0.598. The highest BCUT2D eigenvalue weighted by molar-refractivity contribution is 5.68. The minimum Gasteiger partial charge on any atom is -0.497 e. The van der Waals surface area contributed by atoms with E-state index in [1.54, 1.807) is 25.3 Å². The summed E-state index contributed by atoms with van der Waals surface area (Å²) in [7, 11) is 3.29. The zero-order valence-corrected chi connectivity index (χ0v) is 29.7. The van der Waals surface area contributed by atoms with Gasteiger partial charge >= 0.3 is 6.09 Å². The van der Waals surface area contributed by atoms with E-state index in [-0.39, 0.29) is 18.2 Å². The number of pyridine rings is 1. The van der Waals surface area contributed by atoms with Crippen molar-refractivity contribution in [3.63, 3.8) is 0 Å². The summed E-state index contributed by atoms with van der Waals surface area (Å²) in [6.07, 6.45) is 1.28. The number of ether oxygens (including phenoxy) is 3. The monoisotopic (exact) mass is 670 g/mol. The van der Waals surface area contributed by atoms with Gasteiger partial charge in [-0.15, -0.1) is 0 Å². The lowest BCUT2D eigenvalue weighted by Crippen LogP contribution is -2.54. The Balaban J connectivity index is 1.42. The van der Waals surface area contributed by atoms with Crippen LogP contribution in [0.5, 0.6) is 11.5 Å². The van der Waals surface area contributed by atoms with Crippen molar-refractivity contribution in [3.8, 4) is 22.8 Å². The Hall–Kier alpha value is -4.77.